The molecular formula is C26H28ClN3O4S. The SMILES string of the molecule is CNC(=O)[C@H](C)N(Cc1ccccc1)C(=O)CN(c1cccc(C)c1)S(=O)(=O)c1ccc(Cl)cc1. The van der Waals surface area contributed by atoms with E-state index in [9.17, 15) is 18.0 Å². The third kappa shape index (κ3) is 6.41. The standard InChI is InChI=1S/C26H28ClN3O4S/c1-19-8-7-11-23(16-19)30(35(33,34)24-14-12-22(27)13-15-24)18-25(31)29(20(2)26(32)28-3)17-21-9-5-4-6-10-21/h4-16,20H,17-18H2,1-3H3,(H,28,32)/t20-/m0/s1. The van der Waals surface area contributed by atoms with E-state index < -0.39 is 28.5 Å². The average molecular weight is 514 g/mol. The van der Waals surface area contributed by atoms with Crippen molar-refractivity contribution in [3.05, 3.63) is 95.0 Å². The molecule has 9 heteroatoms. The minimum Gasteiger partial charge on any atom is -0.357 e. The fourth-order valence-electron chi connectivity index (χ4n) is 3.62. The maximum absolute atomic E-state index is 13.7. The third-order valence-electron chi connectivity index (χ3n) is 5.58. The largest absolute Gasteiger partial charge is 0.357 e. The molecule has 0 aliphatic rings. The summed E-state index contributed by atoms with van der Waals surface area (Å²) in [7, 11) is -2.62. The molecule has 0 unspecified atom stereocenters. The number of nitrogens with one attached hydrogen (secondary N) is 1. The molecule has 0 bridgehead atoms. The second-order valence-electron chi connectivity index (χ2n) is 8.10. The zero-order valence-corrected chi connectivity index (χ0v) is 21.4. The highest BCUT2D eigenvalue weighted by Crippen LogP contribution is 2.26. The fraction of sp³-hybridized carbons (Fsp3) is 0.231. The van der Waals surface area contributed by atoms with Gasteiger partial charge in [-0.3, -0.25) is 13.9 Å². The topological polar surface area (TPSA) is 86.8 Å². The van der Waals surface area contributed by atoms with Gasteiger partial charge in [-0.15, -0.1) is 0 Å². The summed E-state index contributed by atoms with van der Waals surface area (Å²) in [5, 5.41) is 2.96. The van der Waals surface area contributed by atoms with Gasteiger partial charge in [-0.2, -0.15) is 0 Å². The van der Waals surface area contributed by atoms with Gasteiger partial charge in [-0.1, -0.05) is 54.1 Å². The van der Waals surface area contributed by atoms with Gasteiger partial charge >= 0.3 is 0 Å². The molecule has 3 rings (SSSR count). The lowest BCUT2D eigenvalue weighted by atomic mass is 10.1. The molecule has 35 heavy (non-hydrogen) atoms. The van der Waals surface area contributed by atoms with Gasteiger partial charge in [-0.05, 0) is 61.4 Å². The Bertz CT molecular complexity index is 1280. The summed E-state index contributed by atoms with van der Waals surface area (Å²) in [5.41, 5.74) is 2.01. The number of aryl methyl sites for hydroxylation is 1. The molecule has 0 spiro atoms. The minimum absolute atomic E-state index is 0.00478. The molecule has 0 saturated carbocycles. The highest BCUT2D eigenvalue weighted by molar-refractivity contribution is 7.92. The molecule has 0 aliphatic carbocycles. The van der Waals surface area contributed by atoms with Crippen molar-refractivity contribution in [2.75, 3.05) is 17.9 Å². The maximum atomic E-state index is 13.7. The molecule has 0 aliphatic heterocycles. The van der Waals surface area contributed by atoms with E-state index in [2.05, 4.69) is 5.32 Å². The lowest BCUT2D eigenvalue weighted by Gasteiger charge is -2.31. The average Bonchev–Trinajstić information content (AvgIpc) is 2.85. The van der Waals surface area contributed by atoms with E-state index in [1.165, 1.54) is 36.2 Å². The number of likely N-dealkylation sites (N-methyl/N-ethyl adjacent to an activating group) is 1. The lowest BCUT2D eigenvalue weighted by molar-refractivity contribution is -0.139. The van der Waals surface area contributed by atoms with E-state index >= 15 is 0 Å². The van der Waals surface area contributed by atoms with Gasteiger partial charge in [0.15, 0.2) is 0 Å². The smallest absolute Gasteiger partial charge is 0.264 e. The maximum Gasteiger partial charge on any atom is 0.264 e. The molecule has 1 atom stereocenters. The van der Waals surface area contributed by atoms with E-state index in [1.54, 1.807) is 25.1 Å². The first-order chi connectivity index (χ1) is 16.6. The molecule has 0 heterocycles. The van der Waals surface area contributed by atoms with Crippen LogP contribution in [0.3, 0.4) is 0 Å². The molecular weight excluding hydrogens is 486 g/mol. The number of carbonyl (C=O) groups excluding carboxylic acids is 2. The van der Waals surface area contributed by atoms with Crippen molar-refractivity contribution in [2.24, 2.45) is 0 Å². The van der Waals surface area contributed by atoms with Gasteiger partial charge < -0.3 is 10.2 Å². The highest BCUT2D eigenvalue weighted by Gasteiger charge is 2.32. The van der Waals surface area contributed by atoms with Crippen LogP contribution in [-0.2, 0) is 26.2 Å². The first-order valence-corrected chi connectivity index (χ1v) is 12.8. The van der Waals surface area contributed by atoms with E-state index in [4.69, 9.17) is 11.6 Å². The quantitative estimate of drug-likeness (QED) is 0.468. The number of anilines is 1. The normalized spacial score (nSPS) is 12.0. The van der Waals surface area contributed by atoms with Crippen molar-refractivity contribution < 1.29 is 18.0 Å². The molecule has 3 aromatic carbocycles. The number of sulfonamides is 1. The van der Waals surface area contributed by atoms with Gasteiger partial charge in [0.2, 0.25) is 11.8 Å². The van der Waals surface area contributed by atoms with Crippen molar-refractivity contribution in [2.45, 2.75) is 31.3 Å². The Morgan fingerprint density at radius 2 is 1.63 bits per heavy atom. The second kappa shape index (κ2) is 11.4. The van der Waals surface area contributed by atoms with Crippen molar-refractivity contribution in [1.82, 2.24) is 10.2 Å². The van der Waals surface area contributed by atoms with Gasteiger partial charge in [0.1, 0.15) is 12.6 Å². The van der Waals surface area contributed by atoms with Crippen LogP contribution >= 0.6 is 11.6 Å². The van der Waals surface area contributed by atoms with Crippen LogP contribution < -0.4 is 9.62 Å². The summed E-state index contributed by atoms with van der Waals surface area (Å²) < 4.78 is 28.4. The number of carbonyl (C=O) groups is 2. The number of amides is 2. The number of nitrogens with zero attached hydrogens (tertiary/aromatic N) is 2. The Hall–Kier alpha value is -3.36. The van der Waals surface area contributed by atoms with E-state index in [-0.39, 0.29) is 17.3 Å². The van der Waals surface area contributed by atoms with Crippen molar-refractivity contribution in [3.63, 3.8) is 0 Å². The highest BCUT2D eigenvalue weighted by atomic mass is 35.5. The molecule has 0 fully saturated rings. The van der Waals surface area contributed by atoms with Crippen molar-refractivity contribution in [1.29, 1.82) is 0 Å². The molecule has 0 aromatic heterocycles. The Morgan fingerprint density at radius 1 is 0.971 bits per heavy atom. The predicted molar refractivity (Wildman–Crippen MR) is 138 cm³/mol. The van der Waals surface area contributed by atoms with E-state index in [1.807, 2.05) is 43.3 Å². The summed E-state index contributed by atoms with van der Waals surface area (Å²) in [6.45, 7) is 3.12. The van der Waals surface area contributed by atoms with Crippen molar-refractivity contribution >= 4 is 39.1 Å². The van der Waals surface area contributed by atoms with Gasteiger partial charge in [0.05, 0.1) is 10.6 Å². The molecule has 7 nitrogen and oxygen atoms in total. The predicted octanol–water partition coefficient (Wildman–Crippen LogP) is 4.01. The van der Waals surface area contributed by atoms with Crippen LogP contribution in [0.1, 0.15) is 18.1 Å². The summed E-state index contributed by atoms with van der Waals surface area (Å²) in [5.74, 6) is -0.860. The molecule has 0 saturated heterocycles. The third-order valence-corrected chi connectivity index (χ3v) is 7.62. The Kier molecular flexibility index (Phi) is 8.53. The van der Waals surface area contributed by atoms with E-state index in [0.29, 0.717) is 10.7 Å². The fourth-order valence-corrected chi connectivity index (χ4v) is 5.15. The molecule has 1 N–H and O–H groups in total. The van der Waals surface area contributed by atoms with E-state index in [0.717, 1.165) is 15.4 Å². The van der Waals surface area contributed by atoms with Gasteiger partial charge in [0.25, 0.3) is 10.0 Å². The monoisotopic (exact) mass is 513 g/mol. The van der Waals surface area contributed by atoms with Crippen LogP contribution in [-0.4, -0.2) is 44.8 Å². The summed E-state index contributed by atoms with van der Waals surface area (Å²) in [4.78, 5) is 27.5. The molecule has 0 radical (unpaired) electrons. The van der Waals surface area contributed by atoms with Crippen LogP contribution in [0.5, 0.6) is 0 Å². The lowest BCUT2D eigenvalue weighted by Crippen LogP contribution is -2.50. The van der Waals surface area contributed by atoms with Crippen LogP contribution in [0.2, 0.25) is 5.02 Å². The number of hydrogen-bond donors (Lipinski definition) is 1. The Morgan fingerprint density at radius 3 is 2.23 bits per heavy atom. The van der Waals surface area contributed by atoms with Crippen LogP contribution in [0.25, 0.3) is 0 Å². The second-order valence-corrected chi connectivity index (χ2v) is 10.4. The minimum atomic E-state index is -4.11. The van der Waals surface area contributed by atoms with Crippen LogP contribution in [0, 0.1) is 6.92 Å². The van der Waals surface area contributed by atoms with Crippen LogP contribution in [0.4, 0.5) is 5.69 Å². The van der Waals surface area contributed by atoms with Crippen LogP contribution in [0.15, 0.2) is 83.8 Å². The number of hydrogen-bond acceptors (Lipinski definition) is 4. The number of benzene rings is 3. The Balaban J connectivity index is 2.02. The zero-order chi connectivity index (χ0) is 25.6. The van der Waals surface area contributed by atoms with Gasteiger partial charge in [-0.25, -0.2) is 8.42 Å². The number of halogens is 1. The molecule has 184 valence electrons. The zero-order valence-electron chi connectivity index (χ0n) is 19.8. The summed E-state index contributed by atoms with van der Waals surface area (Å²) in [6, 6.07) is 21.1. The first kappa shape index (κ1) is 26.2. The molecule has 2 amide bonds. The van der Waals surface area contributed by atoms with Crippen molar-refractivity contribution in [3.8, 4) is 0 Å². The molecule has 3 aromatic rings. The summed E-state index contributed by atoms with van der Waals surface area (Å²) in [6.07, 6.45) is 0. The summed E-state index contributed by atoms with van der Waals surface area (Å²) >= 11 is 5.95. The first-order valence-electron chi connectivity index (χ1n) is 11.0. The number of rotatable bonds is 9. The van der Waals surface area contributed by atoms with Gasteiger partial charge in [0, 0.05) is 18.6 Å². The Labute approximate surface area is 211 Å².